The summed E-state index contributed by atoms with van der Waals surface area (Å²) in [4.78, 5) is 0. The molecule has 1 fully saturated rings. The molecule has 0 heterocycles. The van der Waals surface area contributed by atoms with E-state index in [1.54, 1.807) is 0 Å². The molecule has 1 nitrogen and oxygen atoms in total. The number of rotatable bonds is 3. The van der Waals surface area contributed by atoms with Crippen LogP contribution in [0.3, 0.4) is 0 Å². The fourth-order valence-electron chi connectivity index (χ4n) is 2.17. The fraction of sp³-hybridized carbons (Fsp3) is 0.500. The third-order valence-electron chi connectivity index (χ3n) is 3.19. The van der Waals surface area contributed by atoms with Gasteiger partial charge in [-0.25, -0.2) is 13.2 Å². The molecule has 0 bridgehead atoms. The SMILES string of the molecule is CCCC1CC1(O)c1cc(F)c(F)c(F)c1. The van der Waals surface area contributed by atoms with Gasteiger partial charge in [-0.05, 0) is 36.5 Å². The van der Waals surface area contributed by atoms with E-state index in [0.29, 0.717) is 6.42 Å². The number of aliphatic hydroxyl groups is 1. The zero-order valence-electron chi connectivity index (χ0n) is 8.93. The van der Waals surface area contributed by atoms with Gasteiger partial charge in [-0.1, -0.05) is 13.3 Å². The Labute approximate surface area is 91.9 Å². The van der Waals surface area contributed by atoms with Gasteiger partial charge in [0, 0.05) is 0 Å². The summed E-state index contributed by atoms with van der Waals surface area (Å²) < 4.78 is 38.7. The lowest BCUT2D eigenvalue weighted by Gasteiger charge is -2.11. The quantitative estimate of drug-likeness (QED) is 0.791. The van der Waals surface area contributed by atoms with Crippen LogP contribution in [-0.4, -0.2) is 5.11 Å². The zero-order valence-corrected chi connectivity index (χ0v) is 8.93. The number of halogens is 3. The minimum Gasteiger partial charge on any atom is -0.385 e. The Hall–Kier alpha value is -1.03. The van der Waals surface area contributed by atoms with Crippen LogP contribution in [-0.2, 0) is 5.60 Å². The maximum atomic E-state index is 13.0. The van der Waals surface area contributed by atoms with Gasteiger partial charge in [0.2, 0.25) is 0 Å². The molecule has 4 heteroatoms. The first-order chi connectivity index (χ1) is 7.49. The molecule has 2 atom stereocenters. The van der Waals surface area contributed by atoms with E-state index in [-0.39, 0.29) is 11.5 Å². The summed E-state index contributed by atoms with van der Waals surface area (Å²) in [5.74, 6) is -3.95. The van der Waals surface area contributed by atoms with Crippen LogP contribution >= 0.6 is 0 Å². The molecule has 2 unspecified atom stereocenters. The number of hydrogen-bond donors (Lipinski definition) is 1. The molecule has 0 amide bonds. The minimum absolute atomic E-state index is 0.0294. The highest BCUT2D eigenvalue weighted by Crippen LogP contribution is 2.54. The largest absolute Gasteiger partial charge is 0.385 e. The van der Waals surface area contributed by atoms with E-state index < -0.39 is 23.1 Å². The van der Waals surface area contributed by atoms with Gasteiger partial charge in [0.15, 0.2) is 17.5 Å². The second-order valence-electron chi connectivity index (χ2n) is 4.37. The van der Waals surface area contributed by atoms with E-state index >= 15 is 0 Å². The van der Waals surface area contributed by atoms with Gasteiger partial charge < -0.3 is 5.11 Å². The molecular weight excluding hydrogens is 217 g/mol. The second-order valence-corrected chi connectivity index (χ2v) is 4.37. The van der Waals surface area contributed by atoms with Gasteiger partial charge in [-0.15, -0.1) is 0 Å². The third-order valence-corrected chi connectivity index (χ3v) is 3.19. The molecule has 0 aromatic heterocycles. The van der Waals surface area contributed by atoms with E-state index in [0.717, 1.165) is 25.0 Å². The van der Waals surface area contributed by atoms with E-state index in [4.69, 9.17) is 0 Å². The molecule has 0 radical (unpaired) electrons. The van der Waals surface area contributed by atoms with E-state index in [2.05, 4.69) is 0 Å². The van der Waals surface area contributed by atoms with Crippen molar-refractivity contribution in [3.05, 3.63) is 35.1 Å². The topological polar surface area (TPSA) is 20.2 Å². The molecule has 1 aromatic rings. The van der Waals surface area contributed by atoms with Crippen molar-refractivity contribution >= 4 is 0 Å². The first kappa shape index (κ1) is 11.5. The van der Waals surface area contributed by atoms with E-state index in [1.165, 1.54) is 0 Å². The van der Waals surface area contributed by atoms with Gasteiger partial charge in [0.05, 0.1) is 5.60 Å². The molecule has 16 heavy (non-hydrogen) atoms. The Morgan fingerprint density at radius 3 is 2.38 bits per heavy atom. The molecule has 2 rings (SSSR count). The van der Waals surface area contributed by atoms with Crippen LogP contribution in [0.15, 0.2) is 12.1 Å². The van der Waals surface area contributed by atoms with Crippen molar-refractivity contribution in [2.45, 2.75) is 31.8 Å². The standard InChI is InChI=1S/C12H13F3O/c1-2-3-7-6-12(7,16)8-4-9(13)11(15)10(14)5-8/h4-5,7,16H,2-3,6H2,1H3. The van der Waals surface area contributed by atoms with Gasteiger partial charge >= 0.3 is 0 Å². The van der Waals surface area contributed by atoms with Crippen LogP contribution in [0.5, 0.6) is 0 Å². The predicted molar refractivity (Wildman–Crippen MR) is 53.2 cm³/mol. The molecule has 1 aliphatic rings. The maximum absolute atomic E-state index is 13.0. The van der Waals surface area contributed by atoms with Gasteiger partial charge in [-0.3, -0.25) is 0 Å². The van der Waals surface area contributed by atoms with Crippen molar-refractivity contribution in [2.75, 3.05) is 0 Å². The van der Waals surface area contributed by atoms with Gasteiger partial charge in [-0.2, -0.15) is 0 Å². The Bertz CT molecular complexity index is 396. The van der Waals surface area contributed by atoms with Crippen LogP contribution in [0, 0.1) is 23.4 Å². The molecule has 0 aliphatic heterocycles. The summed E-state index contributed by atoms with van der Waals surface area (Å²) in [5.41, 5.74) is -1.02. The van der Waals surface area contributed by atoms with Crippen LogP contribution in [0.4, 0.5) is 13.2 Å². The van der Waals surface area contributed by atoms with Crippen molar-refractivity contribution in [2.24, 2.45) is 5.92 Å². The van der Waals surface area contributed by atoms with Crippen LogP contribution in [0.25, 0.3) is 0 Å². The fourth-order valence-corrected chi connectivity index (χ4v) is 2.17. The zero-order chi connectivity index (χ0) is 11.9. The average molecular weight is 230 g/mol. The van der Waals surface area contributed by atoms with Crippen molar-refractivity contribution < 1.29 is 18.3 Å². The highest BCUT2D eigenvalue weighted by molar-refractivity contribution is 5.31. The number of hydrogen-bond acceptors (Lipinski definition) is 1. The smallest absolute Gasteiger partial charge is 0.194 e. The first-order valence-corrected chi connectivity index (χ1v) is 5.36. The van der Waals surface area contributed by atoms with Crippen molar-refractivity contribution in [3.63, 3.8) is 0 Å². The van der Waals surface area contributed by atoms with E-state index in [9.17, 15) is 18.3 Å². The van der Waals surface area contributed by atoms with Crippen molar-refractivity contribution in [3.8, 4) is 0 Å². The van der Waals surface area contributed by atoms with Gasteiger partial charge in [0.25, 0.3) is 0 Å². The highest BCUT2D eigenvalue weighted by Gasteiger charge is 2.53. The summed E-state index contributed by atoms with van der Waals surface area (Å²) in [7, 11) is 0. The highest BCUT2D eigenvalue weighted by atomic mass is 19.2. The lowest BCUT2D eigenvalue weighted by molar-refractivity contribution is 0.128. The molecule has 1 aliphatic carbocycles. The first-order valence-electron chi connectivity index (χ1n) is 5.36. The summed E-state index contributed by atoms with van der Waals surface area (Å²) in [6.45, 7) is 1.98. The van der Waals surface area contributed by atoms with E-state index in [1.807, 2.05) is 6.92 Å². The Morgan fingerprint density at radius 1 is 1.31 bits per heavy atom. The average Bonchev–Trinajstić information content (AvgIpc) is 2.87. The Balaban J connectivity index is 2.29. The monoisotopic (exact) mass is 230 g/mol. The van der Waals surface area contributed by atoms with Crippen molar-refractivity contribution in [1.82, 2.24) is 0 Å². The molecule has 0 spiro atoms. The minimum atomic E-state index is -1.49. The molecule has 1 N–H and O–H groups in total. The third kappa shape index (κ3) is 1.71. The van der Waals surface area contributed by atoms with Crippen LogP contribution < -0.4 is 0 Å². The summed E-state index contributed by atoms with van der Waals surface area (Å²) >= 11 is 0. The van der Waals surface area contributed by atoms with Crippen LogP contribution in [0.1, 0.15) is 31.7 Å². The van der Waals surface area contributed by atoms with Crippen molar-refractivity contribution in [1.29, 1.82) is 0 Å². The molecular formula is C12H13F3O. The Kier molecular flexibility index (Phi) is 2.70. The summed E-state index contributed by atoms with van der Waals surface area (Å²) in [5, 5.41) is 10.1. The molecule has 88 valence electrons. The lowest BCUT2D eigenvalue weighted by Crippen LogP contribution is -2.10. The normalized spacial score (nSPS) is 28.2. The summed E-state index contributed by atoms with van der Waals surface area (Å²) in [6.07, 6.45) is 2.20. The second kappa shape index (κ2) is 3.77. The Morgan fingerprint density at radius 2 is 1.88 bits per heavy atom. The molecule has 1 aromatic carbocycles. The predicted octanol–water partition coefficient (Wildman–Crippen LogP) is 3.11. The van der Waals surface area contributed by atoms with Gasteiger partial charge in [0.1, 0.15) is 0 Å². The van der Waals surface area contributed by atoms with Crippen LogP contribution in [0.2, 0.25) is 0 Å². The lowest BCUT2D eigenvalue weighted by atomic mass is 10.0. The summed E-state index contributed by atoms with van der Waals surface area (Å²) in [6, 6.07) is 1.77. The number of benzene rings is 1. The maximum Gasteiger partial charge on any atom is 0.194 e. The molecule has 0 saturated heterocycles. The molecule has 1 saturated carbocycles.